The minimum Gasteiger partial charge on any atom is -0.452 e. The molecule has 148 valence electrons. The lowest BCUT2D eigenvalue weighted by molar-refractivity contribution is -0.119. The average Bonchev–Trinajstić information content (AvgIpc) is 2.72. The van der Waals surface area contributed by atoms with Gasteiger partial charge in [-0.1, -0.05) is 36.7 Å². The Hall–Kier alpha value is -2.99. The highest BCUT2D eigenvalue weighted by molar-refractivity contribution is 6.30. The minimum atomic E-state index is -0.506. The van der Waals surface area contributed by atoms with Gasteiger partial charge in [-0.3, -0.25) is 9.78 Å². The second kappa shape index (κ2) is 8.17. The molecule has 0 aliphatic heterocycles. The van der Waals surface area contributed by atoms with Crippen molar-refractivity contribution in [2.45, 2.75) is 26.2 Å². The Bertz CT molecular complexity index is 1080. The maximum absolute atomic E-state index is 13.0. The van der Waals surface area contributed by atoms with Crippen molar-refractivity contribution in [3.8, 4) is 0 Å². The molecular formula is C22H20ClN3O3. The zero-order chi connectivity index (χ0) is 20.4. The van der Waals surface area contributed by atoms with E-state index in [9.17, 15) is 9.59 Å². The van der Waals surface area contributed by atoms with Crippen LogP contribution in [0.25, 0.3) is 10.9 Å². The first kappa shape index (κ1) is 19.3. The van der Waals surface area contributed by atoms with E-state index in [0.29, 0.717) is 22.3 Å². The van der Waals surface area contributed by atoms with Gasteiger partial charge in [-0.05, 0) is 48.9 Å². The van der Waals surface area contributed by atoms with Crippen LogP contribution in [0.4, 0.5) is 5.82 Å². The van der Waals surface area contributed by atoms with Crippen LogP contribution in [0.2, 0.25) is 5.02 Å². The maximum atomic E-state index is 13.0. The number of halogens is 1. The number of carbonyl (C=O) groups excluding carboxylic acids is 2. The molecule has 7 heteroatoms. The molecule has 3 aromatic rings. The van der Waals surface area contributed by atoms with Crippen molar-refractivity contribution >= 4 is 40.2 Å². The van der Waals surface area contributed by atoms with Crippen molar-refractivity contribution in [3.05, 3.63) is 64.4 Å². The molecule has 1 aliphatic rings. The molecule has 0 saturated heterocycles. The van der Waals surface area contributed by atoms with Gasteiger partial charge in [0.1, 0.15) is 5.82 Å². The summed E-state index contributed by atoms with van der Waals surface area (Å²) in [4.78, 5) is 33.9. The number of aromatic nitrogens is 2. The lowest BCUT2D eigenvalue weighted by atomic mass is 9.84. The van der Waals surface area contributed by atoms with Crippen molar-refractivity contribution in [3.63, 3.8) is 0 Å². The quantitative estimate of drug-likeness (QED) is 0.653. The molecular weight excluding hydrogens is 390 g/mol. The van der Waals surface area contributed by atoms with Gasteiger partial charge < -0.3 is 10.1 Å². The Morgan fingerprint density at radius 2 is 2.07 bits per heavy atom. The van der Waals surface area contributed by atoms with Gasteiger partial charge in [-0.15, -0.1) is 0 Å². The molecule has 2 aromatic heterocycles. The van der Waals surface area contributed by atoms with E-state index < -0.39 is 18.5 Å². The van der Waals surface area contributed by atoms with Crippen LogP contribution in [0, 0.1) is 5.92 Å². The van der Waals surface area contributed by atoms with E-state index in [1.165, 1.54) is 6.20 Å². The summed E-state index contributed by atoms with van der Waals surface area (Å²) in [6.45, 7) is 1.77. The molecule has 29 heavy (non-hydrogen) atoms. The van der Waals surface area contributed by atoms with Crippen LogP contribution in [-0.2, 0) is 22.4 Å². The van der Waals surface area contributed by atoms with Gasteiger partial charge in [0.2, 0.25) is 0 Å². The highest BCUT2D eigenvalue weighted by Gasteiger charge is 2.26. The molecule has 1 atom stereocenters. The fourth-order valence-electron chi connectivity index (χ4n) is 3.63. The number of nitrogens with one attached hydrogen (secondary N) is 1. The van der Waals surface area contributed by atoms with E-state index >= 15 is 0 Å². The predicted octanol–water partition coefficient (Wildman–Crippen LogP) is 4.20. The van der Waals surface area contributed by atoms with Gasteiger partial charge in [-0.2, -0.15) is 0 Å². The Balaban J connectivity index is 1.55. The number of hydrogen-bond donors (Lipinski definition) is 1. The van der Waals surface area contributed by atoms with E-state index in [1.807, 2.05) is 24.3 Å². The molecule has 0 spiro atoms. The third-order valence-electron chi connectivity index (χ3n) is 5.04. The summed E-state index contributed by atoms with van der Waals surface area (Å²) in [6.07, 6.45) is 4.09. The molecule has 2 heterocycles. The lowest BCUT2D eigenvalue weighted by Gasteiger charge is -2.24. The van der Waals surface area contributed by atoms with E-state index in [0.717, 1.165) is 41.4 Å². The molecule has 1 aromatic carbocycles. The molecule has 1 N–H and O–H groups in total. The third-order valence-corrected chi connectivity index (χ3v) is 5.26. The summed E-state index contributed by atoms with van der Waals surface area (Å²) < 4.78 is 5.36. The Morgan fingerprint density at radius 3 is 2.86 bits per heavy atom. The molecule has 1 aliphatic carbocycles. The number of amides is 1. The predicted molar refractivity (Wildman–Crippen MR) is 111 cm³/mol. The Morgan fingerprint density at radius 1 is 1.24 bits per heavy atom. The topological polar surface area (TPSA) is 81.2 Å². The number of esters is 1. The fraction of sp³-hybridized carbons (Fsp3) is 0.273. The normalized spacial score (nSPS) is 15.6. The molecule has 1 amide bonds. The second-order valence-corrected chi connectivity index (χ2v) is 7.70. The Kier molecular flexibility index (Phi) is 5.45. The highest BCUT2D eigenvalue weighted by Crippen LogP contribution is 2.32. The monoisotopic (exact) mass is 409 g/mol. The van der Waals surface area contributed by atoms with Gasteiger partial charge in [0.05, 0.1) is 16.1 Å². The highest BCUT2D eigenvalue weighted by atomic mass is 35.5. The van der Waals surface area contributed by atoms with Crippen LogP contribution in [0.3, 0.4) is 0 Å². The first-order chi connectivity index (χ1) is 14.0. The summed E-state index contributed by atoms with van der Waals surface area (Å²) in [7, 11) is 0. The zero-order valence-electron chi connectivity index (χ0n) is 15.9. The Labute approximate surface area is 173 Å². The minimum absolute atomic E-state index is 0.344. The second-order valence-electron chi connectivity index (χ2n) is 7.26. The number of rotatable bonds is 4. The molecule has 0 fully saturated rings. The van der Waals surface area contributed by atoms with E-state index in [4.69, 9.17) is 21.3 Å². The SMILES string of the molecule is CC1CCc2nc3ccccc3c(C(=O)OCC(=O)Nc3ccc(Cl)cn3)c2C1. The van der Waals surface area contributed by atoms with Gasteiger partial charge in [0.25, 0.3) is 5.91 Å². The number of pyridine rings is 2. The molecule has 0 bridgehead atoms. The molecule has 4 rings (SSSR count). The van der Waals surface area contributed by atoms with E-state index in [2.05, 4.69) is 17.2 Å². The summed E-state index contributed by atoms with van der Waals surface area (Å²) in [5.74, 6) is -0.158. The standard InChI is InChI=1S/C22H20ClN3O3/c1-13-6-8-18-16(10-13)21(15-4-2-3-5-17(15)25-18)22(28)29-12-20(27)26-19-9-7-14(23)11-24-19/h2-5,7,9,11,13H,6,8,10,12H2,1H3,(H,24,26,27). The number of anilines is 1. The average molecular weight is 410 g/mol. The van der Waals surface area contributed by atoms with Crippen molar-refractivity contribution in [1.82, 2.24) is 9.97 Å². The smallest absolute Gasteiger partial charge is 0.339 e. The number of carbonyl (C=O) groups is 2. The number of nitrogens with zero attached hydrogens (tertiary/aromatic N) is 2. The largest absolute Gasteiger partial charge is 0.452 e. The lowest BCUT2D eigenvalue weighted by Crippen LogP contribution is -2.24. The number of para-hydroxylation sites is 1. The first-order valence-corrected chi connectivity index (χ1v) is 9.88. The van der Waals surface area contributed by atoms with Gasteiger partial charge in [0, 0.05) is 17.3 Å². The summed E-state index contributed by atoms with van der Waals surface area (Å²) in [5.41, 5.74) is 3.17. The first-order valence-electron chi connectivity index (χ1n) is 9.50. The van der Waals surface area contributed by atoms with Crippen molar-refractivity contribution in [2.24, 2.45) is 5.92 Å². The van der Waals surface area contributed by atoms with E-state index in [-0.39, 0.29) is 0 Å². The zero-order valence-corrected chi connectivity index (χ0v) is 16.7. The van der Waals surface area contributed by atoms with Crippen LogP contribution in [0.1, 0.15) is 35.0 Å². The van der Waals surface area contributed by atoms with Crippen LogP contribution >= 0.6 is 11.6 Å². The van der Waals surface area contributed by atoms with Gasteiger partial charge in [0.15, 0.2) is 6.61 Å². The van der Waals surface area contributed by atoms with Crippen LogP contribution in [-0.4, -0.2) is 28.5 Å². The third kappa shape index (κ3) is 4.22. The summed E-state index contributed by atoms with van der Waals surface area (Å²) >= 11 is 5.79. The van der Waals surface area contributed by atoms with E-state index in [1.54, 1.807) is 12.1 Å². The van der Waals surface area contributed by atoms with Crippen molar-refractivity contribution in [2.75, 3.05) is 11.9 Å². The van der Waals surface area contributed by atoms with Crippen molar-refractivity contribution in [1.29, 1.82) is 0 Å². The van der Waals surface area contributed by atoms with Gasteiger partial charge in [-0.25, -0.2) is 9.78 Å². The van der Waals surface area contributed by atoms with Crippen LogP contribution in [0.15, 0.2) is 42.6 Å². The molecule has 6 nitrogen and oxygen atoms in total. The maximum Gasteiger partial charge on any atom is 0.339 e. The summed E-state index contributed by atoms with van der Waals surface area (Å²) in [5, 5.41) is 3.81. The number of fused-ring (bicyclic) bond motifs is 2. The fourth-order valence-corrected chi connectivity index (χ4v) is 3.74. The number of hydrogen-bond acceptors (Lipinski definition) is 5. The van der Waals surface area contributed by atoms with Crippen LogP contribution < -0.4 is 5.32 Å². The summed E-state index contributed by atoms with van der Waals surface area (Å²) in [6, 6.07) is 10.7. The van der Waals surface area contributed by atoms with Crippen LogP contribution in [0.5, 0.6) is 0 Å². The van der Waals surface area contributed by atoms with Gasteiger partial charge >= 0.3 is 5.97 Å². The molecule has 0 saturated carbocycles. The number of aryl methyl sites for hydroxylation is 1. The molecule has 0 radical (unpaired) electrons. The number of benzene rings is 1. The molecule has 1 unspecified atom stereocenters. The van der Waals surface area contributed by atoms with Crippen molar-refractivity contribution < 1.29 is 14.3 Å². The number of ether oxygens (including phenoxy) is 1.